The van der Waals surface area contributed by atoms with Gasteiger partial charge in [0, 0.05) is 12.1 Å². The SMILES string of the molecule is CNC(C)c1ccc(OC(C)C(=O)NC(C)C)c(F)c1. The van der Waals surface area contributed by atoms with Crippen LogP contribution in [-0.4, -0.2) is 25.1 Å². The van der Waals surface area contributed by atoms with Crippen molar-refractivity contribution >= 4 is 5.91 Å². The van der Waals surface area contributed by atoms with E-state index in [1.807, 2.05) is 27.8 Å². The van der Waals surface area contributed by atoms with E-state index in [1.54, 1.807) is 19.1 Å². The Morgan fingerprint density at radius 1 is 1.25 bits per heavy atom. The van der Waals surface area contributed by atoms with Gasteiger partial charge < -0.3 is 15.4 Å². The lowest BCUT2D eigenvalue weighted by atomic mass is 10.1. The lowest BCUT2D eigenvalue weighted by molar-refractivity contribution is -0.127. The Morgan fingerprint density at radius 2 is 1.90 bits per heavy atom. The van der Waals surface area contributed by atoms with Crippen LogP contribution in [0, 0.1) is 5.82 Å². The van der Waals surface area contributed by atoms with E-state index in [4.69, 9.17) is 4.74 Å². The monoisotopic (exact) mass is 282 g/mol. The standard InChI is InChI=1S/C15H23FN2O2/c1-9(2)18-15(19)11(4)20-14-7-6-12(8-13(14)16)10(3)17-5/h6-11,17H,1-5H3,(H,18,19). The van der Waals surface area contributed by atoms with Gasteiger partial charge in [-0.3, -0.25) is 4.79 Å². The molecule has 1 aromatic rings. The Kier molecular flexibility index (Phi) is 5.95. The van der Waals surface area contributed by atoms with Gasteiger partial charge in [0.25, 0.3) is 5.91 Å². The number of rotatable bonds is 6. The van der Waals surface area contributed by atoms with Crippen molar-refractivity contribution in [3.05, 3.63) is 29.6 Å². The highest BCUT2D eigenvalue weighted by Gasteiger charge is 2.17. The van der Waals surface area contributed by atoms with Crippen LogP contribution in [0.2, 0.25) is 0 Å². The molecule has 0 aliphatic carbocycles. The van der Waals surface area contributed by atoms with Crippen molar-refractivity contribution in [2.24, 2.45) is 0 Å². The summed E-state index contributed by atoms with van der Waals surface area (Å²) in [6.45, 7) is 7.26. The summed E-state index contributed by atoms with van der Waals surface area (Å²) in [4.78, 5) is 11.7. The molecule has 0 bridgehead atoms. The summed E-state index contributed by atoms with van der Waals surface area (Å²) in [6, 6.07) is 4.84. The number of amides is 1. The summed E-state index contributed by atoms with van der Waals surface area (Å²) in [5.41, 5.74) is 0.830. The first-order chi connectivity index (χ1) is 9.35. The molecule has 0 aliphatic rings. The van der Waals surface area contributed by atoms with E-state index in [0.29, 0.717) is 0 Å². The molecule has 0 aliphatic heterocycles. The molecule has 0 saturated carbocycles. The number of halogens is 1. The minimum atomic E-state index is -0.737. The maximum Gasteiger partial charge on any atom is 0.260 e. The third kappa shape index (κ3) is 4.49. The number of nitrogens with one attached hydrogen (secondary N) is 2. The zero-order chi connectivity index (χ0) is 15.3. The molecule has 1 rings (SSSR count). The van der Waals surface area contributed by atoms with Crippen molar-refractivity contribution in [1.29, 1.82) is 0 Å². The summed E-state index contributed by atoms with van der Waals surface area (Å²) in [6.07, 6.45) is -0.737. The second-order valence-corrected chi connectivity index (χ2v) is 5.12. The molecule has 0 heterocycles. The van der Waals surface area contributed by atoms with E-state index in [2.05, 4.69) is 10.6 Å². The van der Waals surface area contributed by atoms with Gasteiger partial charge in [0.05, 0.1) is 0 Å². The van der Waals surface area contributed by atoms with E-state index in [1.165, 1.54) is 6.07 Å². The highest BCUT2D eigenvalue weighted by Crippen LogP contribution is 2.22. The molecule has 0 saturated heterocycles. The minimum Gasteiger partial charge on any atom is -0.478 e. The average molecular weight is 282 g/mol. The molecule has 1 aromatic carbocycles. The molecule has 2 N–H and O–H groups in total. The Labute approximate surface area is 119 Å². The number of hydrogen-bond donors (Lipinski definition) is 2. The Morgan fingerprint density at radius 3 is 2.40 bits per heavy atom. The first-order valence-corrected chi connectivity index (χ1v) is 6.79. The molecular formula is C15H23FN2O2. The molecule has 5 heteroatoms. The van der Waals surface area contributed by atoms with Crippen LogP contribution in [0.15, 0.2) is 18.2 Å². The molecule has 1 amide bonds. The summed E-state index contributed by atoms with van der Waals surface area (Å²) in [5, 5.41) is 5.76. The van der Waals surface area contributed by atoms with E-state index < -0.39 is 11.9 Å². The smallest absolute Gasteiger partial charge is 0.260 e. The lowest BCUT2D eigenvalue weighted by Crippen LogP contribution is -2.40. The molecule has 0 spiro atoms. The predicted molar refractivity (Wildman–Crippen MR) is 77.2 cm³/mol. The molecule has 4 nitrogen and oxygen atoms in total. The van der Waals surface area contributed by atoms with E-state index in [9.17, 15) is 9.18 Å². The van der Waals surface area contributed by atoms with Gasteiger partial charge in [-0.15, -0.1) is 0 Å². The van der Waals surface area contributed by atoms with Crippen molar-refractivity contribution in [2.45, 2.75) is 45.9 Å². The van der Waals surface area contributed by atoms with Gasteiger partial charge in [0.2, 0.25) is 0 Å². The van der Waals surface area contributed by atoms with Gasteiger partial charge in [0.15, 0.2) is 17.7 Å². The van der Waals surface area contributed by atoms with Crippen LogP contribution < -0.4 is 15.4 Å². The highest BCUT2D eigenvalue weighted by atomic mass is 19.1. The summed E-state index contributed by atoms with van der Waals surface area (Å²) < 4.78 is 19.3. The summed E-state index contributed by atoms with van der Waals surface area (Å²) >= 11 is 0. The van der Waals surface area contributed by atoms with Crippen molar-refractivity contribution < 1.29 is 13.9 Å². The maximum atomic E-state index is 13.9. The lowest BCUT2D eigenvalue weighted by Gasteiger charge is -2.18. The first-order valence-electron chi connectivity index (χ1n) is 6.79. The number of carbonyl (C=O) groups is 1. The van der Waals surface area contributed by atoms with Crippen LogP contribution in [0.5, 0.6) is 5.75 Å². The van der Waals surface area contributed by atoms with Crippen molar-refractivity contribution in [2.75, 3.05) is 7.05 Å². The van der Waals surface area contributed by atoms with Gasteiger partial charge in [-0.25, -0.2) is 4.39 Å². The molecule has 2 atom stereocenters. The third-order valence-electron chi connectivity index (χ3n) is 2.99. The summed E-state index contributed by atoms with van der Waals surface area (Å²) in [5.74, 6) is -0.635. The zero-order valence-corrected chi connectivity index (χ0v) is 12.7. The Balaban J connectivity index is 2.76. The van der Waals surface area contributed by atoms with E-state index in [-0.39, 0.29) is 23.7 Å². The Hall–Kier alpha value is -1.62. The number of carbonyl (C=O) groups excluding carboxylic acids is 1. The quantitative estimate of drug-likeness (QED) is 0.842. The fourth-order valence-electron chi connectivity index (χ4n) is 1.69. The number of benzene rings is 1. The molecule has 2 unspecified atom stereocenters. The van der Waals surface area contributed by atoms with Crippen LogP contribution in [0.1, 0.15) is 39.3 Å². The first kappa shape index (κ1) is 16.4. The molecule has 0 radical (unpaired) electrons. The summed E-state index contributed by atoms with van der Waals surface area (Å²) in [7, 11) is 1.81. The van der Waals surface area contributed by atoms with E-state index in [0.717, 1.165) is 5.56 Å². The average Bonchev–Trinajstić information content (AvgIpc) is 2.39. The van der Waals surface area contributed by atoms with Crippen molar-refractivity contribution in [3.8, 4) is 5.75 Å². The second-order valence-electron chi connectivity index (χ2n) is 5.12. The molecule has 0 aromatic heterocycles. The predicted octanol–water partition coefficient (Wildman–Crippen LogP) is 2.40. The largest absolute Gasteiger partial charge is 0.478 e. The molecule has 0 fully saturated rings. The normalized spacial score (nSPS) is 13.9. The van der Waals surface area contributed by atoms with Gasteiger partial charge in [-0.2, -0.15) is 0 Å². The van der Waals surface area contributed by atoms with Gasteiger partial charge in [-0.05, 0) is 52.4 Å². The van der Waals surface area contributed by atoms with Crippen molar-refractivity contribution in [3.63, 3.8) is 0 Å². The van der Waals surface area contributed by atoms with Gasteiger partial charge in [0.1, 0.15) is 0 Å². The van der Waals surface area contributed by atoms with Gasteiger partial charge >= 0.3 is 0 Å². The number of ether oxygens (including phenoxy) is 1. The Bertz CT molecular complexity index is 463. The second kappa shape index (κ2) is 7.24. The molecule has 20 heavy (non-hydrogen) atoms. The van der Waals surface area contributed by atoms with Crippen molar-refractivity contribution in [1.82, 2.24) is 10.6 Å². The van der Waals surface area contributed by atoms with Crippen LogP contribution in [0.25, 0.3) is 0 Å². The van der Waals surface area contributed by atoms with Crippen LogP contribution in [-0.2, 0) is 4.79 Å². The zero-order valence-electron chi connectivity index (χ0n) is 12.7. The molecular weight excluding hydrogens is 259 g/mol. The van der Waals surface area contributed by atoms with Gasteiger partial charge in [-0.1, -0.05) is 6.07 Å². The van der Waals surface area contributed by atoms with E-state index >= 15 is 0 Å². The maximum absolute atomic E-state index is 13.9. The number of hydrogen-bond acceptors (Lipinski definition) is 3. The van der Waals surface area contributed by atoms with Crippen LogP contribution in [0.3, 0.4) is 0 Å². The minimum absolute atomic E-state index is 0.0252. The highest BCUT2D eigenvalue weighted by molar-refractivity contribution is 5.80. The molecule has 112 valence electrons. The third-order valence-corrected chi connectivity index (χ3v) is 2.99. The topological polar surface area (TPSA) is 50.4 Å². The fraction of sp³-hybridized carbons (Fsp3) is 0.533. The van der Waals surface area contributed by atoms with Crippen LogP contribution >= 0.6 is 0 Å². The fourth-order valence-corrected chi connectivity index (χ4v) is 1.69. The van der Waals surface area contributed by atoms with Crippen LogP contribution in [0.4, 0.5) is 4.39 Å².